The Morgan fingerprint density at radius 1 is 1.26 bits per heavy atom. The van der Waals surface area contributed by atoms with E-state index in [0.29, 0.717) is 23.8 Å². The van der Waals surface area contributed by atoms with Crippen molar-refractivity contribution >= 4 is 17.8 Å². The number of likely N-dealkylation sites (N-methyl/N-ethyl adjacent to an activating group) is 1. The van der Waals surface area contributed by atoms with Gasteiger partial charge < -0.3 is 19.7 Å². The minimum absolute atomic E-state index is 0.184. The quantitative estimate of drug-likeness (QED) is 0.868. The number of thioether (sulfide) groups is 1. The number of fused-ring (bicyclic) bond motifs is 2. The standard InChI is InChI=1S/C20H21FN2O3S/c1-23(11-13-12-25-17-7-2-3-8-18(17)26-13)20(24)22-16-9-10-27-19-14(16)5-4-6-15(19)21/h2-8,13,16H,9-12H2,1H3,(H,22,24)/t13-,16-/m1/s1. The Balaban J connectivity index is 1.38. The Kier molecular flexibility index (Phi) is 5.11. The van der Waals surface area contributed by atoms with E-state index in [4.69, 9.17) is 9.47 Å². The Morgan fingerprint density at radius 2 is 2.07 bits per heavy atom. The maximum absolute atomic E-state index is 14.0. The zero-order valence-corrected chi connectivity index (χ0v) is 15.8. The summed E-state index contributed by atoms with van der Waals surface area (Å²) in [5.41, 5.74) is 0.846. The molecule has 7 heteroatoms. The lowest BCUT2D eigenvalue weighted by Crippen LogP contribution is -2.46. The van der Waals surface area contributed by atoms with Crippen molar-refractivity contribution in [2.24, 2.45) is 0 Å². The summed E-state index contributed by atoms with van der Waals surface area (Å²) >= 11 is 1.50. The molecule has 0 radical (unpaired) electrons. The van der Waals surface area contributed by atoms with Gasteiger partial charge in [-0.2, -0.15) is 0 Å². The topological polar surface area (TPSA) is 50.8 Å². The monoisotopic (exact) mass is 388 g/mol. The predicted molar refractivity (Wildman–Crippen MR) is 102 cm³/mol. The Hall–Kier alpha value is -2.41. The number of hydrogen-bond donors (Lipinski definition) is 1. The van der Waals surface area contributed by atoms with Crippen molar-refractivity contribution in [3.8, 4) is 11.5 Å². The number of hydrogen-bond acceptors (Lipinski definition) is 4. The maximum atomic E-state index is 14.0. The molecule has 0 unspecified atom stereocenters. The molecule has 2 aromatic carbocycles. The van der Waals surface area contributed by atoms with Crippen molar-refractivity contribution in [3.63, 3.8) is 0 Å². The van der Waals surface area contributed by atoms with Crippen LogP contribution in [0.3, 0.4) is 0 Å². The molecule has 0 fully saturated rings. The molecule has 0 saturated heterocycles. The molecule has 5 nitrogen and oxygen atoms in total. The number of nitrogens with one attached hydrogen (secondary N) is 1. The zero-order chi connectivity index (χ0) is 18.8. The van der Waals surface area contributed by atoms with Gasteiger partial charge in [0.25, 0.3) is 0 Å². The minimum atomic E-state index is -0.234. The average molecular weight is 388 g/mol. The van der Waals surface area contributed by atoms with Crippen LogP contribution in [0, 0.1) is 5.82 Å². The van der Waals surface area contributed by atoms with Crippen molar-refractivity contribution in [1.82, 2.24) is 10.2 Å². The SMILES string of the molecule is CN(C[C@@H]1COc2ccccc2O1)C(=O)N[C@@H]1CCSc2c(F)cccc21. The molecule has 2 heterocycles. The molecule has 1 N–H and O–H groups in total. The summed E-state index contributed by atoms with van der Waals surface area (Å²) in [6.45, 7) is 0.792. The Labute approximate surface area is 161 Å². The van der Waals surface area contributed by atoms with Crippen molar-refractivity contribution in [1.29, 1.82) is 0 Å². The molecule has 142 valence electrons. The summed E-state index contributed by atoms with van der Waals surface area (Å²) in [6, 6.07) is 12.1. The van der Waals surface area contributed by atoms with Crippen molar-refractivity contribution in [2.45, 2.75) is 23.5 Å². The Morgan fingerprint density at radius 3 is 2.93 bits per heavy atom. The van der Waals surface area contributed by atoms with Crippen LogP contribution in [0.4, 0.5) is 9.18 Å². The van der Waals surface area contributed by atoms with Gasteiger partial charge in [-0.05, 0) is 30.2 Å². The van der Waals surface area contributed by atoms with Crippen LogP contribution in [0.2, 0.25) is 0 Å². The van der Waals surface area contributed by atoms with Gasteiger partial charge in [0.05, 0.1) is 12.6 Å². The molecule has 2 aromatic rings. The molecule has 27 heavy (non-hydrogen) atoms. The summed E-state index contributed by atoms with van der Waals surface area (Å²) in [7, 11) is 1.73. The fourth-order valence-corrected chi connectivity index (χ4v) is 4.48. The summed E-state index contributed by atoms with van der Waals surface area (Å²) in [6.07, 6.45) is 0.541. The third-order valence-electron chi connectivity index (χ3n) is 4.72. The first-order valence-electron chi connectivity index (χ1n) is 8.93. The fraction of sp³-hybridized carbons (Fsp3) is 0.350. The van der Waals surface area contributed by atoms with Gasteiger partial charge in [-0.1, -0.05) is 24.3 Å². The first-order valence-corrected chi connectivity index (χ1v) is 9.91. The average Bonchev–Trinajstić information content (AvgIpc) is 2.68. The van der Waals surface area contributed by atoms with Gasteiger partial charge in [-0.15, -0.1) is 11.8 Å². The van der Waals surface area contributed by atoms with Crippen LogP contribution < -0.4 is 14.8 Å². The van der Waals surface area contributed by atoms with Crippen molar-refractivity contribution < 1.29 is 18.7 Å². The van der Waals surface area contributed by atoms with Crippen molar-refractivity contribution in [3.05, 3.63) is 53.8 Å². The highest BCUT2D eigenvalue weighted by Gasteiger charge is 2.27. The number of halogens is 1. The predicted octanol–water partition coefficient (Wildman–Crippen LogP) is 3.84. The molecule has 0 spiro atoms. The van der Waals surface area contributed by atoms with Crippen LogP contribution in [0.25, 0.3) is 0 Å². The van der Waals surface area contributed by atoms with Crippen LogP contribution in [-0.4, -0.2) is 43.0 Å². The van der Waals surface area contributed by atoms with Crippen LogP contribution in [0.5, 0.6) is 11.5 Å². The highest BCUT2D eigenvalue weighted by Crippen LogP contribution is 2.37. The maximum Gasteiger partial charge on any atom is 0.317 e. The summed E-state index contributed by atoms with van der Waals surface area (Å²) in [5, 5.41) is 3.02. The van der Waals surface area contributed by atoms with Crippen LogP contribution >= 0.6 is 11.8 Å². The van der Waals surface area contributed by atoms with Gasteiger partial charge in [0.15, 0.2) is 17.6 Å². The van der Waals surface area contributed by atoms with E-state index >= 15 is 0 Å². The number of rotatable bonds is 3. The molecule has 2 aliphatic heterocycles. The second kappa shape index (κ2) is 7.68. The number of carbonyl (C=O) groups is 1. The van der Waals surface area contributed by atoms with E-state index < -0.39 is 0 Å². The van der Waals surface area contributed by atoms with Crippen LogP contribution in [0.1, 0.15) is 18.0 Å². The number of carbonyl (C=O) groups excluding carboxylic acids is 1. The zero-order valence-electron chi connectivity index (χ0n) is 15.0. The number of urea groups is 1. The van der Waals surface area contributed by atoms with E-state index in [9.17, 15) is 9.18 Å². The molecular formula is C20H21FN2O3S. The van der Waals surface area contributed by atoms with Gasteiger partial charge in [-0.3, -0.25) is 0 Å². The van der Waals surface area contributed by atoms with E-state index in [2.05, 4.69) is 5.32 Å². The second-order valence-electron chi connectivity index (χ2n) is 6.68. The van der Waals surface area contributed by atoms with Gasteiger partial charge in [0, 0.05) is 17.7 Å². The minimum Gasteiger partial charge on any atom is -0.486 e. The fourth-order valence-electron chi connectivity index (χ4n) is 3.34. The smallest absolute Gasteiger partial charge is 0.317 e. The molecule has 2 amide bonds. The van der Waals surface area contributed by atoms with Crippen LogP contribution in [-0.2, 0) is 0 Å². The summed E-state index contributed by atoms with van der Waals surface area (Å²) < 4.78 is 25.6. The highest BCUT2D eigenvalue weighted by molar-refractivity contribution is 7.99. The number of benzene rings is 2. The third-order valence-corrected chi connectivity index (χ3v) is 5.87. The lowest BCUT2D eigenvalue weighted by atomic mass is 10.0. The van der Waals surface area contributed by atoms with Gasteiger partial charge in [0.1, 0.15) is 12.4 Å². The molecule has 2 aliphatic rings. The van der Waals surface area contributed by atoms with E-state index in [1.54, 1.807) is 18.0 Å². The number of nitrogens with zero attached hydrogens (tertiary/aromatic N) is 1. The highest BCUT2D eigenvalue weighted by atomic mass is 32.2. The normalized spacial score (nSPS) is 20.5. The van der Waals surface area contributed by atoms with E-state index in [1.165, 1.54) is 17.8 Å². The number of ether oxygens (including phenoxy) is 2. The molecule has 0 saturated carbocycles. The number of amides is 2. The second-order valence-corrected chi connectivity index (χ2v) is 7.78. The molecule has 0 aromatic heterocycles. The largest absolute Gasteiger partial charge is 0.486 e. The Bertz CT molecular complexity index is 848. The molecular weight excluding hydrogens is 367 g/mol. The van der Waals surface area contributed by atoms with E-state index in [0.717, 1.165) is 23.5 Å². The third kappa shape index (κ3) is 3.83. The summed E-state index contributed by atoms with van der Waals surface area (Å²) in [5.74, 6) is 1.96. The molecule has 4 rings (SSSR count). The first kappa shape index (κ1) is 18.0. The lowest BCUT2D eigenvalue weighted by Gasteiger charge is -2.31. The van der Waals surface area contributed by atoms with Crippen molar-refractivity contribution in [2.75, 3.05) is 26.0 Å². The molecule has 0 aliphatic carbocycles. The molecule has 0 bridgehead atoms. The van der Waals surface area contributed by atoms with Gasteiger partial charge >= 0.3 is 6.03 Å². The molecule has 2 atom stereocenters. The van der Waals surface area contributed by atoms with E-state index in [-0.39, 0.29) is 24.0 Å². The van der Waals surface area contributed by atoms with Gasteiger partial charge in [0.2, 0.25) is 0 Å². The summed E-state index contributed by atoms with van der Waals surface area (Å²) in [4.78, 5) is 14.9. The first-order chi connectivity index (χ1) is 13.1. The van der Waals surface area contributed by atoms with Crippen LogP contribution in [0.15, 0.2) is 47.4 Å². The van der Waals surface area contributed by atoms with E-state index in [1.807, 2.05) is 30.3 Å². The van der Waals surface area contributed by atoms with Gasteiger partial charge in [-0.25, -0.2) is 9.18 Å². The number of para-hydroxylation sites is 2. The lowest BCUT2D eigenvalue weighted by molar-refractivity contribution is 0.0712.